The second kappa shape index (κ2) is 14.0. The fraction of sp³-hybridized carbons (Fsp3) is 0.667. The minimum absolute atomic E-state index is 0.0546. The van der Waals surface area contributed by atoms with Crippen LogP contribution in [0.1, 0.15) is 88.1 Å². The van der Waals surface area contributed by atoms with Crippen molar-refractivity contribution in [3.05, 3.63) is 23.8 Å². The van der Waals surface area contributed by atoms with Crippen LogP contribution in [-0.4, -0.2) is 54.3 Å². The molecule has 11 heteroatoms. The minimum Gasteiger partial charge on any atom is -0.477 e. The molecule has 0 aliphatic heterocycles. The number of aliphatic carboxylic acids is 1. The molecule has 1 aromatic rings. The Hall–Kier alpha value is -3.34. The number of esters is 1. The van der Waals surface area contributed by atoms with Crippen molar-refractivity contribution >= 4 is 24.2 Å². The molecule has 41 heavy (non-hydrogen) atoms. The van der Waals surface area contributed by atoms with Gasteiger partial charge in [0.1, 0.15) is 0 Å². The van der Waals surface area contributed by atoms with Crippen LogP contribution in [0.25, 0.3) is 0 Å². The zero-order valence-electron chi connectivity index (χ0n) is 26.3. The Balaban J connectivity index is 3.49. The molecule has 232 valence electrons. The Bertz CT molecular complexity index is 1080. The molecule has 0 fully saturated rings. The van der Waals surface area contributed by atoms with Crippen LogP contribution >= 0.6 is 0 Å². The van der Waals surface area contributed by atoms with Gasteiger partial charge in [0, 0.05) is 12.5 Å². The molecule has 1 aromatic carbocycles. The third kappa shape index (κ3) is 12.8. The van der Waals surface area contributed by atoms with Gasteiger partial charge in [0.25, 0.3) is 5.72 Å². The molecule has 0 aliphatic carbocycles. The first-order chi connectivity index (χ1) is 18.6. The second-order valence-corrected chi connectivity index (χ2v) is 13.6. The van der Waals surface area contributed by atoms with Crippen LogP contribution in [0.4, 0.5) is 9.59 Å². The quantitative estimate of drug-likeness (QED) is 0.135. The van der Waals surface area contributed by atoms with Crippen molar-refractivity contribution < 1.29 is 48.0 Å². The fourth-order valence-electron chi connectivity index (χ4n) is 3.01. The maximum Gasteiger partial charge on any atom is 0.513 e. The number of carboxylic acid groups (broad SMARTS) is 1. The van der Waals surface area contributed by atoms with E-state index in [4.69, 9.17) is 23.7 Å². The number of rotatable bonds is 11. The van der Waals surface area contributed by atoms with Crippen LogP contribution in [0.2, 0.25) is 0 Å². The Labute approximate surface area is 243 Å². The number of carbonyl (C=O) groups excluding carboxylic acids is 3. The van der Waals surface area contributed by atoms with E-state index in [1.165, 1.54) is 18.2 Å². The molecule has 0 amide bonds. The molecule has 0 spiro atoms. The maximum atomic E-state index is 12.8. The van der Waals surface area contributed by atoms with E-state index in [-0.39, 0.29) is 48.0 Å². The van der Waals surface area contributed by atoms with Gasteiger partial charge in [-0.25, -0.2) is 14.4 Å². The summed E-state index contributed by atoms with van der Waals surface area (Å²) < 4.78 is 26.6. The fourth-order valence-corrected chi connectivity index (χ4v) is 3.01. The summed E-state index contributed by atoms with van der Waals surface area (Å²) in [5.41, 5.74) is -3.46. The summed E-state index contributed by atoms with van der Waals surface area (Å²) in [6.07, 6.45) is -1.85. The van der Waals surface area contributed by atoms with Crippen molar-refractivity contribution in [2.45, 2.75) is 101 Å². The monoisotopic (exact) mass is 581 g/mol. The standard InChI is InChI=1S/C30H47NO10/c1-12-19(2)31-30(23(32)33,41-24(34)29(9,10)11)16-20-13-14-21(39-25(35)37-17-27(3,4)5)22(15-20)40-26(36)38-18-28(6,7)8/h13-15,19,31H,12,16-18H2,1-11H3,(H,32,33)/t19?,30-/m0/s1. The molecule has 11 nitrogen and oxygen atoms in total. The number of carboxylic acids is 1. The second-order valence-electron chi connectivity index (χ2n) is 13.6. The average molecular weight is 582 g/mol. The van der Waals surface area contributed by atoms with Gasteiger partial charge in [0.2, 0.25) is 0 Å². The molecule has 0 heterocycles. The van der Waals surface area contributed by atoms with E-state index in [1.54, 1.807) is 27.7 Å². The van der Waals surface area contributed by atoms with Crippen LogP contribution < -0.4 is 14.8 Å². The minimum atomic E-state index is -2.14. The van der Waals surface area contributed by atoms with E-state index >= 15 is 0 Å². The van der Waals surface area contributed by atoms with Gasteiger partial charge in [-0.1, -0.05) is 54.5 Å². The van der Waals surface area contributed by atoms with E-state index in [1.807, 2.05) is 48.5 Å². The number of ether oxygens (including phenoxy) is 5. The number of benzene rings is 1. The number of hydrogen-bond donors (Lipinski definition) is 2. The zero-order chi connectivity index (χ0) is 31.8. The van der Waals surface area contributed by atoms with Gasteiger partial charge in [0.15, 0.2) is 11.5 Å². The Kier molecular flexibility index (Phi) is 12.2. The Morgan fingerprint density at radius 2 is 1.32 bits per heavy atom. The van der Waals surface area contributed by atoms with E-state index in [0.29, 0.717) is 12.0 Å². The largest absolute Gasteiger partial charge is 0.513 e. The smallest absolute Gasteiger partial charge is 0.477 e. The molecule has 0 radical (unpaired) electrons. The van der Waals surface area contributed by atoms with Crippen LogP contribution in [0, 0.1) is 16.2 Å². The molecular formula is C30H47NO10. The van der Waals surface area contributed by atoms with E-state index in [2.05, 4.69) is 5.32 Å². The molecule has 0 bridgehead atoms. The van der Waals surface area contributed by atoms with Crippen molar-refractivity contribution in [3.8, 4) is 11.5 Å². The van der Waals surface area contributed by atoms with Gasteiger partial charge in [0.05, 0.1) is 18.6 Å². The van der Waals surface area contributed by atoms with Gasteiger partial charge in [-0.3, -0.25) is 10.1 Å². The normalized spacial score (nSPS) is 14.3. The van der Waals surface area contributed by atoms with Crippen molar-refractivity contribution in [1.29, 1.82) is 0 Å². The highest BCUT2D eigenvalue weighted by Crippen LogP contribution is 2.32. The molecule has 0 aromatic heterocycles. The third-order valence-corrected chi connectivity index (χ3v) is 5.41. The highest BCUT2D eigenvalue weighted by Gasteiger charge is 2.46. The van der Waals surface area contributed by atoms with E-state index in [0.717, 1.165) is 0 Å². The summed E-state index contributed by atoms with van der Waals surface area (Å²) in [6.45, 7) is 19.9. The Morgan fingerprint density at radius 1 is 0.829 bits per heavy atom. The van der Waals surface area contributed by atoms with Crippen molar-refractivity contribution in [2.75, 3.05) is 13.2 Å². The summed E-state index contributed by atoms with van der Waals surface area (Å²) in [7, 11) is 0. The highest BCUT2D eigenvalue weighted by atomic mass is 16.7. The predicted molar refractivity (Wildman–Crippen MR) is 152 cm³/mol. The molecule has 1 unspecified atom stereocenters. The number of carbonyl (C=O) groups is 4. The number of hydrogen-bond acceptors (Lipinski definition) is 10. The molecule has 0 saturated carbocycles. The van der Waals surface area contributed by atoms with Crippen LogP contribution in [0.3, 0.4) is 0 Å². The summed E-state index contributed by atoms with van der Waals surface area (Å²) >= 11 is 0. The summed E-state index contributed by atoms with van der Waals surface area (Å²) in [5.74, 6) is -2.49. The lowest BCUT2D eigenvalue weighted by Crippen LogP contribution is -2.60. The molecule has 2 atom stereocenters. The lowest BCUT2D eigenvalue weighted by Gasteiger charge is -2.35. The van der Waals surface area contributed by atoms with E-state index < -0.39 is 35.4 Å². The zero-order valence-corrected chi connectivity index (χ0v) is 26.3. The first-order valence-corrected chi connectivity index (χ1v) is 13.6. The topological polar surface area (TPSA) is 147 Å². The molecular weight excluding hydrogens is 534 g/mol. The summed E-state index contributed by atoms with van der Waals surface area (Å²) in [4.78, 5) is 50.3. The van der Waals surface area contributed by atoms with Gasteiger partial charge in [-0.15, -0.1) is 0 Å². The first-order valence-electron chi connectivity index (χ1n) is 13.6. The summed E-state index contributed by atoms with van der Waals surface area (Å²) in [6, 6.07) is 3.80. The van der Waals surface area contributed by atoms with Gasteiger partial charge < -0.3 is 28.8 Å². The summed E-state index contributed by atoms with van der Waals surface area (Å²) in [5, 5.41) is 13.2. The van der Waals surface area contributed by atoms with E-state index in [9.17, 15) is 24.3 Å². The van der Waals surface area contributed by atoms with Crippen molar-refractivity contribution in [2.24, 2.45) is 16.2 Å². The Morgan fingerprint density at radius 3 is 1.73 bits per heavy atom. The lowest BCUT2D eigenvalue weighted by atomic mass is 9.95. The maximum absolute atomic E-state index is 12.8. The highest BCUT2D eigenvalue weighted by molar-refractivity contribution is 5.84. The molecule has 0 saturated heterocycles. The lowest BCUT2D eigenvalue weighted by molar-refractivity contribution is -0.190. The first kappa shape index (κ1) is 35.7. The van der Waals surface area contributed by atoms with Crippen LogP contribution in [0.5, 0.6) is 11.5 Å². The van der Waals surface area contributed by atoms with Crippen LogP contribution in [0.15, 0.2) is 18.2 Å². The predicted octanol–water partition coefficient (Wildman–Crippen LogP) is 6.11. The molecule has 2 N–H and O–H groups in total. The van der Waals surface area contributed by atoms with Gasteiger partial charge in [-0.2, -0.15) is 0 Å². The van der Waals surface area contributed by atoms with Crippen molar-refractivity contribution in [1.82, 2.24) is 5.32 Å². The SMILES string of the molecule is CCC(C)N[C@@](Cc1ccc(OC(=O)OCC(C)(C)C)c(OC(=O)OCC(C)(C)C)c1)(OC(=O)C(C)(C)C)C(=O)O. The average Bonchev–Trinajstić information content (AvgIpc) is 2.81. The molecule has 0 aliphatic rings. The molecule has 1 rings (SSSR count). The van der Waals surface area contributed by atoms with Crippen LogP contribution in [-0.2, 0) is 30.2 Å². The van der Waals surface area contributed by atoms with Crippen molar-refractivity contribution in [3.63, 3.8) is 0 Å². The number of nitrogens with one attached hydrogen (secondary N) is 1. The van der Waals surface area contributed by atoms with Gasteiger partial charge >= 0.3 is 24.2 Å². The third-order valence-electron chi connectivity index (χ3n) is 5.41. The van der Waals surface area contributed by atoms with Gasteiger partial charge in [-0.05, 0) is 62.6 Å².